The maximum Gasteiger partial charge on any atom is 0.243 e. The minimum Gasteiger partial charge on any atom is -0.302 e. The summed E-state index contributed by atoms with van der Waals surface area (Å²) >= 11 is 1.09. The van der Waals surface area contributed by atoms with Crippen LogP contribution in [0.25, 0.3) is 11.3 Å². The Labute approximate surface area is 193 Å². The first-order chi connectivity index (χ1) is 15.8. The molecule has 0 radical (unpaired) electrons. The van der Waals surface area contributed by atoms with Gasteiger partial charge in [0.25, 0.3) is 0 Å². The molecule has 170 valence electrons. The molecule has 4 rings (SSSR count). The van der Waals surface area contributed by atoms with Crippen LogP contribution in [0.3, 0.4) is 0 Å². The molecule has 33 heavy (non-hydrogen) atoms. The summed E-state index contributed by atoms with van der Waals surface area (Å²) in [4.78, 5) is 16.9. The molecule has 0 atom stereocenters. The number of halogens is 2. The van der Waals surface area contributed by atoms with Gasteiger partial charge in [-0.3, -0.25) is 4.79 Å². The summed E-state index contributed by atoms with van der Waals surface area (Å²) in [5, 5.41) is 13.3. The number of carbonyl (C=O) groups excluding carboxylic acids is 1. The third-order valence-electron chi connectivity index (χ3n) is 5.38. The Morgan fingerprint density at radius 3 is 2.52 bits per heavy atom. The molecule has 0 aliphatic carbocycles. The van der Waals surface area contributed by atoms with E-state index in [1.54, 1.807) is 0 Å². The molecule has 0 saturated carbocycles. The standard InChI is InChI=1S/C22H18F2N4O3S2/c23-16-3-6-19(24)18(11-16)20-13-32-22(26-20)27-21(29)15-7-9-28(10-8-15)33(30,31)17-4-1-14(12-25)2-5-17/h1-6,11,13,15H,7-10H2,(H,26,27,29). The van der Waals surface area contributed by atoms with Gasteiger partial charge >= 0.3 is 0 Å². The molecule has 7 nitrogen and oxygen atoms in total. The van der Waals surface area contributed by atoms with E-state index in [0.29, 0.717) is 18.4 Å². The molecule has 0 unspecified atom stereocenters. The van der Waals surface area contributed by atoms with Gasteiger partial charge in [-0.25, -0.2) is 22.2 Å². The van der Waals surface area contributed by atoms with Gasteiger partial charge < -0.3 is 5.32 Å². The largest absolute Gasteiger partial charge is 0.302 e. The highest BCUT2D eigenvalue weighted by Gasteiger charge is 2.32. The molecule has 1 saturated heterocycles. The van der Waals surface area contributed by atoms with Crippen molar-refractivity contribution in [3.8, 4) is 17.3 Å². The lowest BCUT2D eigenvalue weighted by molar-refractivity contribution is -0.120. The predicted octanol–water partition coefficient (Wildman–Crippen LogP) is 4.00. The number of piperidine rings is 1. The zero-order valence-electron chi connectivity index (χ0n) is 17.2. The first-order valence-corrected chi connectivity index (χ1v) is 12.3. The van der Waals surface area contributed by atoms with Crippen molar-refractivity contribution in [3.63, 3.8) is 0 Å². The lowest BCUT2D eigenvalue weighted by atomic mass is 9.97. The molecule has 1 aliphatic heterocycles. The fourth-order valence-corrected chi connectivity index (χ4v) is 5.75. The summed E-state index contributed by atoms with van der Waals surface area (Å²) in [6.45, 7) is 0.357. The van der Waals surface area contributed by atoms with E-state index >= 15 is 0 Å². The van der Waals surface area contributed by atoms with Crippen molar-refractivity contribution < 1.29 is 22.0 Å². The number of nitrogens with zero attached hydrogens (tertiary/aromatic N) is 3. The number of aromatic nitrogens is 1. The van der Waals surface area contributed by atoms with Gasteiger partial charge in [0.05, 0.1) is 22.2 Å². The molecule has 1 fully saturated rings. The average molecular weight is 489 g/mol. The topological polar surface area (TPSA) is 103 Å². The van der Waals surface area contributed by atoms with Crippen LogP contribution in [-0.4, -0.2) is 36.7 Å². The van der Waals surface area contributed by atoms with Crippen LogP contribution in [0.5, 0.6) is 0 Å². The fourth-order valence-electron chi connectivity index (χ4n) is 3.56. The first kappa shape index (κ1) is 23.0. The zero-order chi connectivity index (χ0) is 23.6. The molecule has 11 heteroatoms. The molecule has 1 aliphatic rings. The summed E-state index contributed by atoms with van der Waals surface area (Å²) in [5.74, 6) is -1.91. The Bertz CT molecular complexity index is 1330. The number of hydrogen-bond donors (Lipinski definition) is 1. The molecular weight excluding hydrogens is 470 g/mol. The number of thiazole rings is 1. The van der Waals surface area contributed by atoms with Gasteiger partial charge in [0, 0.05) is 30.0 Å². The molecule has 1 N–H and O–H groups in total. The maximum absolute atomic E-state index is 14.0. The van der Waals surface area contributed by atoms with Gasteiger partial charge in [0.2, 0.25) is 15.9 Å². The number of nitrogens with one attached hydrogen (secondary N) is 1. The van der Waals surface area contributed by atoms with Crippen LogP contribution >= 0.6 is 11.3 Å². The van der Waals surface area contributed by atoms with Gasteiger partial charge in [-0.05, 0) is 55.3 Å². The number of anilines is 1. The summed E-state index contributed by atoms with van der Waals surface area (Å²) < 4.78 is 54.4. The van der Waals surface area contributed by atoms with Crippen LogP contribution in [0.1, 0.15) is 18.4 Å². The number of benzene rings is 2. The maximum atomic E-state index is 14.0. The van der Waals surface area contributed by atoms with E-state index in [1.807, 2.05) is 6.07 Å². The van der Waals surface area contributed by atoms with E-state index in [-0.39, 0.29) is 40.3 Å². The number of sulfonamides is 1. The smallest absolute Gasteiger partial charge is 0.243 e. The Balaban J connectivity index is 1.37. The number of rotatable bonds is 5. The number of amides is 1. The van der Waals surface area contributed by atoms with Gasteiger partial charge in [-0.2, -0.15) is 9.57 Å². The number of carbonyl (C=O) groups is 1. The summed E-state index contributed by atoms with van der Waals surface area (Å²) in [6, 6.07) is 10.7. The summed E-state index contributed by atoms with van der Waals surface area (Å²) in [7, 11) is -3.71. The van der Waals surface area contributed by atoms with Gasteiger partial charge in [-0.1, -0.05) is 0 Å². The SMILES string of the molecule is N#Cc1ccc(S(=O)(=O)N2CCC(C(=O)Nc3nc(-c4cc(F)ccc4F)cs3)CC2)cc1. The van der Waals surface area contributed by atoms with Crippen molar-refractivity contribution in [2.45, 2.75) is 17.7 Å². The monoisotopic (exact) mass is 488 g/mol. The minimum atomic E-state index is -3.71. The molecule has 0 spiro atoms. The number of hydrogen-bond acceptors (Lipinski definition) is 6. The van der Waals surface area contributed by atoms with Crippen molar-refractivity contribution in [1.82, 2.24) is 9.29 Å². The van der Waals surface area contributed by atoms with Crippen molar-refractivity contribution in [1.29, 1.82) is 5.26 Å². The zero-order valence-corrected chi connectivity index (χ0v) is 18.8. The Kier molecular flexibility index (Phi) is 6.51. The lowest BCUT2D eigenvalue weighted by Crippen LogP contribution is -2.41. The van der Waals surface area contributed by atoms with Crippen LogP contribution in [0.15, 0.2) is 52.7 Å². The highest BCUT2D eigenvalue weighted by Crippen LogP contribution is 2.29. The lowest BCUT2D eigenvalue weighted by Gasteiger charge is -2.30. The fraction of sp³-hybridized carbons (Fsp3) is 0.227. The van der Waals surface area contributed by atoms with E-state index in [0.717, 1.165) is 29.5 Å². The number of nitriles is 1. The van der Waals surface area contributed by atoms with Gasteiger partial charge in [0.15, 0.2) is 5.13 Å². The Hall–Kier alpha value is -3.20. The third kappa shape index (κ3) is 4.93. The third-order valence-corrected chi connectivity index (χ3v) is 8.06. The molecule has 1 amide bonds. The highest BCUT2D eigenvalue weighted by molar-refractivity contribution is 7.89. The highest BCUT2D eigenvalue weighted by atomic mass is 32.2. The van der Waals surface area contributed by atoms with Gasteiger partial charge in [-0.15, -0.1) is 11.3 Å². The second-order valence-electron chi connectivity index (χ2n) is 7.47. The molecular formula is C22H18F2N4O3S2. The summed E-state index contributed by atoms with van der Waals surface area (Å²) in [6.07, 6.45) is 0.663. The minimum absolute atomic E-state index is 0.00747. The second kappa shape index (κ2) is 9.35. The van der Waals surface area contributed by atoms with Crippen molar-refractivity contribution in [2.24, 2.45) is 5.92 Å². The molecule has 1 aromatic heterocycles. The van der Waals surface area contributed by atoms with Crippen LogP contribution in [0.4, 0.5) is 13.9 Å². The molecule has 2 heterocycles. The van der Waals surface area contributed by atoms with Crippen LogP contribution in [0.2, 0.25) is 0 Å². The molecule has 3 aromatic rings. The summed E-state index contributed by atoms with van der Waals surface area (Å²) in [5.41, 5.74) is 0.596. The van der Waals surface area contributed by atoms with Crippen LogP contribution in [0, 0.1) is 28.9 Å². The van der Waals surface area contributed by atoms with E-state index in [2.05, 4.69) is 10.3 Å². The Morgan fingerprint density at radius 2 is 1.85 bits per heavy atom. The first-order valence-electron chi connectivity index (χ1n) is 10.00. The van der Waals surface area contributed by atoms with Crippen molar-refractivity contribution in [3.05, 3.63) is 65.0 Å². The van der Waals surface area contributed by atoms with Crippen molar-refractivity contribution in [2.75, 3.05) is 18.4 Å². The van der Waals surface area contributed by atoms with E-state index in [9.17, 15) is 22.0 Å². The predicted molar refractivity (Wildman–Crippen MR) is 119 cm³/mol. The van der Waals surface area contributed by atoms with Crippen LogP contribution in [-0.2, 0) is 14.8 Å². The van der Waals surface area contributed by atoms with E-state index < -0.39 is 27.6 Å². The van der Waals surface area contributed by atoms with E-state index in [4.69, 9.17) is 5.26 Å². The average Bonchev–Trinajstić information content (AvgIpc) is 3.29. The normalized spacial score (nSPS) is 15.2. The second-order valence-corrected chi connectivity index (χ2v) is 10.3. The van der Waals surface area contributed by atoms with Crippen LogP contribution < -0.4 is 5.32 Å². The van der Waals surface area contributed by atoms with Gasteiger partial charge in [0.1, 0.15) is 11.6 Å². The molecule has 2 aromatic carbocycles. The van der Waals surface area contributed by atoms with E-state index in [1.165, 1.54) is 34.0 Å². The Morgan fingerprint density at radius 1 is 1.15 bits per heavy atom. The quantitative estimate of drug-likeness (QED) is 0.585. The molecule has 0 bridgehead atoms. The van der Waals surface area contributed by atoms with Crippen molar-refractivity contribution >= 4 is 32.4 Å².